The first-order chi connectivity index (χ1) is 12.9. The molecule has 2 aromatic rings. The molecular formula is C21H26N4O2. The lowest BCUT2D eigenvalue weighted by Crippen LogP contribution is -2.48. The average molecular weight is 366 g/mol. The van der Waals surface area contributed by atoms with Crippen molar-refractivity contribution < 1.29 is 9.59 Å². The summed E-state index contributed by atoms with van der Waals surface area (Å²) in [5, 5.41) is 3.31. The average Bonchev–Trinajstić information content (AvgIpc) is 2.68. The quantitative estimate of drug-likeness (QED) is 0.845. The van der Waals surface area contributed by atoms with Crippen molar-refractivity contribution in [1.82, 2.24) is 14.8 Å². The van der Waals surface area contributed by atoms with E-state index in [4.69, 9.17) is 0 Å². The third-order valence-electron chi connectivity index (χ3n) is 4.77. The minimum Gasteiger partial charge on any atom is -0.354 e. The first-order valence-corrected chi connectivity index (χ1v) is 9.19. The van der Waals surface area contributed by atoms with E-state index in [1.54, 1.807) is 22.1 Å². The van der Waals surface area contributed by atoms with Crippen molar-refractivity contribution in [2.45, 2.75) is 26.2 Å². The summed E-state index contributed by atoms with van der Waals surface area (Å²) in [6, 6.07) is 11.9. The number of benzene rings is 1. The van der Waals surface area contributed by atoms with Crippen LogP contribution in [0.2, 0.25) is 0 Å². The first-order valence-electron chi connectivity index (χ1n) is 9.19. The zero-order valence-electron chi connectivity index (χ0n) is 16.1. The number of rotatable bonds is 4. The molecule has 6 heteroatoms. The zero-order valence-corrected chi connectivity index (χ0v) is 16.1. The molecule has 142 valence electrons. The van der Waals surface area contributed by atoms with Crippen molar-refractivity contribution in [3.63, 3.8) is 0 Å². The molecule has 6 nitrogen and oxygen atoms in total. The number of piperazine rings is 1. The molecule has 0 aliphatic carbocycles. The van der Waals surface area contributed by atoms with Gasteiger partial charge in [-0.1, -0.05) is 32.9 Å². The molecule has 3 rings (SSSR count). The van der Waals surface area contributed by atoms with Gasteiger partial charge >= 0.3 is 0 Å². The second kappa shape index (κ2) is 7.78. The zero-order chi connectivity index (χ0) is 19.4. The van der Waals surface area contributed by atoms with Crippen LogP contribution >= 0.6 is 0 Å². The van der Waals surface area contributed by atoms with Gasteiger partial charge in [0.15, 0.2) is 0 Å². The van der Waals surface area contributed by atoms with Crippen LogP contribution in [0.4, 0.5) is 11.4 Å². The molecule has 0 atom stereocenters. The van der Waals surface area contributed by atoms with Crippen LogP contribution in [0, 0.1) is 0 Å². The molecule has 0 radical (unpaired) electrons. The Labute approximate surface area is 160 Å². The van der Waals surface area contributed by atoms with E-state index in [0.29, 0.717) is 31.9 Å². The van der Waals surface area contributed by atoms with Crippen LogP contribution < -0.4 is 5.32 Å². The van der Waals surface area contributed by atoms with Crippen LogP contribution in [0.1, 0.15) is 36.8 Å². The summed E-state index contributed by atoms with van der Waals surface area (Å²) >= 11 is 0. The van der Waals surface area contributed by atoms with E-state index in [1.165, 1.54) is 5.56 Å². The SMILES string of the molecule is CC(C)(C)c1ccc(Nc2ccc(C(=O)N3CCN(C=O)CC3)nc2)cc1. The molecule has 0 unspecified atom stereocenters. The molecule has 1 aromatic heterocycles. The third-order valence-corrected chi connectivity index (χ3v) is 4.77. The maximum absolute atomic E-state index is 12.5. The van der Waals surface area contributed by atoms with Gasteiger partial charge in [-0.05, 0) is 35.2 Å². The van der Waals surface area contributed by atoms with E-state index >= 15 is 0 Å². The summed E-state index contributed by atoms with van der Waals surface area (Å²) in [7, 11) is 0. The topological polar surface area (TPSA) is 65.5 Å². The number of carbonyl (C=O) groups excluding carboxylic acids is 2. The van der Waals surface area contributed by atoms with Crippen molar-refractivity contribution in [3.8, 4) is 0 Å². The predicted molar refractivity (Wildman–Crippen MR) is 106 cm³/mol. The molecule has 0 bridgehead atoms. The van der Waals surface area contributed by atoms with Gasteiger partial charge in [0.1, 0.15) is 5.69 Å². The molecule has 2 heterocycles. The number of hydrogen-bond donors (Lipinski definition) is 1. The summed E-state index contributed by atoms with van der Waals surface area (Å²) in [5.41, 5.74) is 3.64. The molecule has 27 heavy (non-hydrogen) atoms. The predicted octanol–water partition coefficient (Wildman–Crippen LogP) is 3.04. The number of carbonyl (C=O) groups is 2. The maximum atomic E-state index is 12.5. The Bertz CT molecular complexity index is 786. The summed E-state index contributed by atoms with van der Waals surface area (Å²) < 4.78 is 0. The van der Waals surface area contributed by atoms with E-state index in [-0.39, 0.29) is 11.3 Å². The number of amides is 2. The molecule has 1 aromatic carbocycles. The molecule has 1 fully saturated rings. The van der Waals surface area contributed by atoms with Gasteiger partial charge in [-0.3, -0.25) is 9.59 Å². The molecule has 2 amide bonds. The number of nitrogens with zero attached hydrogens (tertiary/aromatic N) is 3. The Morgan fingerprint density at radius 3 is 2.15 bits per heavy atom. The standard InChI is InChI=1S/C21H26N4O2/c1-21(2,3)16-4-6-17(7-5-16)23-18-8-9-19(22-14-18)20(27)25-12-10-24(15-26)11-13-25/h4-9,14-15,23H,10-13H2,1-3H3. The molecule has 0 spiro atoms. The second-order valence-electron chi connectivity index (χ2n) is 7.82. The lowest BCUT2D eigenvalue weighted by atomic mass is 9.87. The van der Waals surface area contributed by atoms with Gasteiger partial charge in [0.05, 0.1) is 11.9 Å². The van der Waals surface area contributed by atoms with E-state index in [1.807, 2.05) is 18.2 Å². The normalized spacial score (nSPS) is 14.8. The van der Waals surface area contributed by atoms with Crippen molar-refractivity contribution in [3.05, 3.63) is 53.9 Å². The fraction of sp³-hybridized carbons (Fsp3) is 0.381. The number of aromatic nitrogens is 1. The Kier molecular flexibility index (Phi) is 5.44. The van der Waals surface area contributed by atoms with Crippen LogP contribution in [0.3, 0.4) is 0 Å². The second-order valence-corrected chi connectivity index (χ2v) is 7.82. The summed E-state index contributed by atoms with van der Waals surface area (Å²) in [6.07, 6.45) is 2.50. The van der Waals surface area contributed by atoms with Gasteiger partial charge < -0.3 is 15.1 Å². The fourth-order valence-corrected chi connectivity index (χ4v) is 3.01. The van der Waals surface area contributed by atoms with Crippen LogP contribution in [-0.2, 0) is 10.2 Å². The summed E-state index contributed by atoms with van der Waals surface area (Å²) in [5.74, 6) is -0.0957. The van der Waals surface area contributed by atoms with Crippen molar-refractivity contribution in [2.75, 3.05) is 31.5 Å². The Morgan fingerprint density at radius 2 is 1.63 bits per heavy atom. The van der Waals surface area contributed by atoms with Gasteiger partial charge in [0.25, 0.3) is 5.91 Å². The molecule has 1 aliphatic heterocycles. The lowest BCUT2D eigenvalue weighted by Gasteiger charge is -2.32. The Balaban J connectivity index is 1.62. The van der Waals surface area contributed by atoms with Crippen LogP contribution in [0.5, 0.6) is 0 Å². The summed E-state index contributed by atoms with van der Waals surface area (Å²) in [4.78, 5) is 31.0. The number of pyridine rings is 1. The highest BCUT2D eigenvalue weighted by Crippen LogP contribution is 2.24. The van der Waals surface area contributed by atoms with E-state index in [2.05, 4.69) is 43.2 Å². The van der Waals surface area contributed by atoms with Crippen LogP contribution in [-0.4, -0.2) is 53.3 Å². The molecule has 1 aliphatic rings. The molecular weight excluding hydrogens is 340 g/mol. The number of anilines is 2. The fourth-order valence-electron chi connectivity index (χ4n) is 3.01. The van der Waals surface area contributed by atoms with Gasteiger partial charge in [0, 0.05) is 31.9 Å². The monoisotopic (exact) mass is 366 g/mol. The van der Waals surface area contributed by atoms with E-state index < -0.39 is 0 Å². The highest BCUT2D eigenvalue weighted by molar-refractivity contribution is 5.92. The minimum atomic E-state index is -0.0957. The van der Waals surface area contributed by atoms with E-state index in [0.717, 1.165) is 17.8 Å². The molecule has 0 saturated carbocycles. The smallest absolute Gasteiger partial charge is 0.272 e. The first kappa shape index (κ1) is 18.9. The van der Waals surface area contributed by atoms with Crippen LogP contribution in [0.25, 0.3) is 0 Å². The van der Waals surface area contributed by atoms with Crippen molar-refractivity contribution >= 4 is 23.7 Å². The minimum absolute atomic E-state index is 0.0957. The van der Waals surface area contributed by atoms with Gasteiger partial charge in [0.2, 0.25) is 6.41 Å². The number of hydrogen-bond acceptors (Lipinski definition) is 4. The van der Waals surface area contributed by atoms with Gasteiger partial charge in [-0.15, -0.1) is 0 Å². The molecule has 1 N–H and O–H groups in total. The number of nitrogens with one attached hydrogen (secondary N) is 1. The van der Waals surface area contributed by atoms with Gasteiger partial charge in [-0.2, -0.15) is 0 Å². The largest absolute Gasteiger partial charge is 0.354 e. The highest BCUT2D eigenvalue weighted by atomic mass is 16.2. The Hall–Kier alpha value is -2.89. The van der Waals surface area contributed by atoms with Gasteiger partial charge in [-0.25, -0.2) is 4.98 Å². The van der Waals surface area contributed by atoms with Crippen molar-refractivity contribution in [2.24, 2.45) is 0 Å². The molecule has 1 saturated heterocycles. The highest BCUT2D eigenvalue weighted by Gasteiger charge is 2.22. The van der Waals surface area contributed by atoms with Crippen molar-refractivity contribution in [1.29, 1.82) is 0 Å². The van der Waals surface area contributed by atoms with Crippen LogP contribution in [0.15, 0.2) is 42.6 Å². The Morgan fingerprint density at radius 1 is 1.00 bits per heavy atom. The van der Waals surface area contributed by atoms with E-state index in [9.17, 15) is 9.59 Å². The maximum Gasteiger partial charge on any atom is 0.272 e. The summed E-state index contributed by atoms with van der Waals surface area (Å²) in [6.45, 7) is 8.79. The third kappa shape index (κ3) is 4.64. The lowest BCUT2D eigenvalue weighted by molar-refractivity contribution is -0.119.